The minimum Gasteiger partial charge on any atom is -0.397 e. The zero-order chi connectivity index (χ0) is 21.4. The van der Waals surface area contributed by atoms with Crippen LogP contribution in [0.1, 0.15) is 17.3 Å². The van der Waals surface area contributed by atoms with Crippen molar-refractivity contribution in [1.82, 2.24) is 0 Å². The van der Waals surface area contributed by atoms with Gasteiger partial charge >= 0.3 is 0 Å². The standard InChI is InChI=1S/C21H19FN2O2S.CH5N/c1-2-27(26)18-10-5-15(6-11-18)21(25)24-20-13-16(7-12-19(20)23)14-3-8-17(22)9-4-14;1-2/h3-13H,2,23H2,1H3,(H,24,25);2H2,1H3. The van der Waals surface area contributed by atoms with Crippen LogP contribution in [-0.4, -0.2) is 22.9 Å². The molecule has 0 aliphatic carbocycles. The first-order valence-electron chi connectivity index (χ1n) is 9.01. The minimum absolute atomic E-state index is 0.310. The van der Waals surface area contributed by atoms with Crippen molar-refractivity contribution < 1.29 is 13.4 Å². The molecule has 5 N–H and O–H groups in total. The van der Waals surface area contributed by atoms with Gasteiger partial charge in [0.05, 0.1) is 22.2 Å². The highest BCUT2D eigenvalue weighted by atomic mass is 32.2. The highest BCUT2D eigenvalue weighted by Gasteiger charge is 2.11. The Balaban J connectivity index is 0.00000145. The first-order chi connectivity index (χ1) is 14.0. The molecule has 0 bridgehead atoms. The number of carbonyl (C=O) groups is 1. The SMILES string of the molecule is CCS(=O)c1ccc(C(=O)Nc2cc(-c3ccc(F)cc3)ccc2N)cc1.CN. The van der Waals surface area contributed by atoms with Crippen LogP contribution in [0.15, 0.2) is 71.6 Å². The fraction of sp³-hybridized carbons (Fsp3) is 0.136. The highest BCUT2D eigenvalue weighted by Crippen LogP contribution is 2.28. The molecule has 5 nitrogen and oxygen atoms in total. The normalized spacial score (nSPS) is 11.2. The number of benzene rings is 3. The molecule has 1 unspecified atom stereocenters. The topological polar surface area (TPSA) is 98.2 Å². The van der Waals surface area contributed by atoms with Crippen molar-refractivity contribution in [2.45, 2.75) is 11.8 Å². The lowest BCUT2D eigenvalue weighted by Crippen LogP contribution is -2.13. The Labute approximate surface area is 172 Å². The maximum atomic E-state index is 13.1. The van der Waals surface area contributed by atoms with E-state index in [4.69, 9.17) is 5.73 Å². The summed E-state index contributed by atoms with van der Waals surface area (Å²) < 4.78 is 24.9. The number of nitrogens with two attached hydrogens (primary N) is 2. The molecule has 0 radical (unpaired) electrons. The summed E-state index contributed by atoms with van der Waals surface area (Å²) in [5.74, 6) is -0.0971. The van der Waals surface area contributed by atoms with E-state index in [9.17, 15) is 13.4 Å². The Hall–Kier alpha value is -3.03. The number of nitrogens with one attached hydrogen (secondary N) is 1. The molecule has 0 spiro atoms. The Morgan fingerprint density at radius 3 is 2.14 bits per heavy atom. The number of carbonyl (C=O) groups excluding carboxylic acids is 1. The first kappa shape index (κ1) is 22.3. The predicted molar refractivity (Wildman–Crippen MR) is 118 cm³/mol. The second kappa shape index (κ2) is 10.5. The fourth-order valence-electron chi connectivity index (χ4n) is 2.61. The van der Waals surface area contributed by atoms with E-state index >= 15 is 0 Å². The molecule has 0 aromatic heterocycles. The van der Waals surface area contributed by atoms with Gasteiger partial charge in [0.15, 0.2) is 0 Å². The monoisotopic (exact) mass is 413 g/mol. The van der Waals surface area contributed by atoms with Crippen molar-refractivity contribution in [2.24, 2.45) is 5.73 Å². The van der Waals surface area contributed by atoms with Gasteiger partial charge in [-0.1, -0.05) is 25.1 Å². The summed E-state index contributed by atoms with van der Waals surface area (Å²) in [6, 6.07) is 18.0. The van der Waals surface area contributed by atoms with Gasteiger partial charge in [-0.15, -0.1) is 0 Å². The Bertz CT molecular complexity index is 990. The van der Waals surface area contributed by atoms with Crippen LogP contribution in [0, 0.1) is 5.82 Å². The van der Waals surface area contributed by atoms with Crippen molar-refractivity contribution in [2.75, 3.05) is 23.9 Å². The number of nitrogen functional groups attached to an aromatic ring is 1. The van der Waals surface area contributed by atoms with Crippen molar-refractivity contribution in [3.63, 3.8) is 0 Å². The van der Waals surface area contributed by atoms with Gasteiger partial charge in [-0.2, -0.15) is 0 Å². The average Bonchev–Trinajstić information content (AvgIpc) is 2.76. The summed E-state index contributed by atoms with van der Waals surface area (Å²) in [4.78, 5) is 13.2. The fourth-order valence-corrected chi connectivity index (χ4v) is 3.38. The summed E-state index contributed by atoms with van der Waals surface area (Å²) >= 11 is 0. The van der Waals surface area contributed by atoms with Crippen molar-refractivity contribution in [3.05, 3.63) is 78.1 Å². The largest absolute Gasteiger partial charge is 0.397 e. The van der Waals surface area contributed by atoms with Crippen LogP contribution in [-0.2, 0) is 10.8 Å². The predicted octanol–water partition coefficient (Wildman–Crippen LogP) is 4.03. The van der Waals surface area contributed by atoms with Crippen LogP contribution >= 0.6 is 0 Å². The highest BCUT2D eigenvalue weighted by molar-refractivity contribution is 7.85. The molecule has 7 heteroatoms. The number of rotatable bonds is 5. The summed E-state index contributed by atoms with van der Waals surface area (Å²) in [6.45, 7) is 1.84. The van der Waals surface area contributed by atoms with E-state index in [0.29, 0.717) is 27.6 Å². The number of anilines is 2. The zero-order valence-electron chi connectivity index (χ0n) is 16.3. The molecule has 1 amide bonds. The lowest BCUT2D eigenvalue weighted by Gasteiger charge is -2.11. The van der Waals surface area contributed by atoms with Gasteiger partial charge in [0.2, 0.25) is 0 Å². The van der Waals surface area contributed by atoms with Gasteiger partial charge in [-0.25, -0.2) is 4.39 Å². The molecule has 0 heterocycles. The molecular formula is C22H24FN3O2S. The van der Waals surface area contributed by atoms with Crippen molar-refractivity contribution in [1.29, 1.82) is 0 Å². The van der Waals surface area contributed by atoms with Crippen LogP contribution < -0.4 is 16.8 Å². The average molecular weight is 414 g/mol. The summed E-state index contributed by atoms with van der Waals surface area (Å²) in [5.41, 5.74) is 13.5. The quantitative estimate of drug-likeness (QED) is 0.550. The Kier molecular flexibility index (Phi) is 8.06. The molecule has 3 aromatic rings. The van der Waals surface area contributed by atoms with Crippen molar-refractivity contribution in [3.8, 4) is 11.1 Å². The van der Waals surface area contributed by atoms with Crippen molar-refractivity contribution >= 4 is 28.1 Å². The molecule has 152 valence electrons. The van der Waals surface area contributed by atoms with Crippen LogP contribution in [0.4, 0.5) is 15.8 Å². The van der Waals surface area contributed by atoms with Crippen LogP contribution in [0.25, 0.3) is 11.1 Å². The Morgan fingerprint density at radius 2 is 1.55 bits per heavy atom. The minimum atomic E-state index is -1.06. The smallest absolute Gasteiger partial charge is 0.255 e. The van der Waals surface area contributed by atoms with E-state index in [1.54, 1.807) is 48.5 Å². The molecule has 0 fully saturated rings. The molecule has 1 atom stereocenters. The van der Waals surface area contributed by atoms with Gasteiger partial charge in [0.1, 0.15) is 5.82 Å². The number of hydrogen-bond donors (Lipinski definition) is 3. The number of halogens is 1. The van der Waals surface area contributed by atoms with E-state index in [-0.39, 0.29) is 11.7 Å². The second-order valence-electron chi connectivity index (χ2n) is 5.92. The van der Waals surface area contributed by atoms with E-state index in [1.165, 1.54) is 19.2 Å². The molecule has 0 aliphatic rings. The van der Waals surface area contributed by atoms with Gasteiger partial charge < -0.3 is 16.8 Å². The van der Waals surface area contributed by atoms with Gasteiger partial charge in [0, 0.05) is 16.2 Å². The number of hydrogen-bond acceptors (Lipinski definition) is 4. The van der Waals surface area contributed by atoms with Crippen LogP contribution in [0.5, 0.6) is 0 Å². The molecule has 3 aromatic carbocycles. The summed E-state index contributed by atoms with van der Waals surface area (Å²) in [5, 5.41) is 2.80. The molecule has 0 aliphatic heterocycles. The van der Waals surface area contributed by atoms with E-state index in [0.717, 1.165) is 11.1 Å². The maximum absolute atomic E-state index is 13.1. The molecule has 29 heavy (non-hydrogen) atoms. The van der Waals surface area contributed by atoms with Gasteiger partial charge in [-0.05, 0) is 66.7 Å². The zero-order valence-corrected chi connectivity index (χ0v) is 17.1. The van der Waals surface area contributed by atoms with E-state index in [2.05, 4.69) is 11.1 Å². The molecule has 3 rings (SSSR count). The van der Waals surface area contributed by atoms with E-state index < -0.39 is 10.8 Å². The third kappa shape index (κ3) is 5.73. The molecular weight excluding hydrogens is 389 g/mol. The van der Waals surface area contributed by atoms with E-state index in [1.807, 2.05) is 13.0 Å². The second-order valence-corrected chi connectivity index (χ2v) is 7.66. The summed E-state index contributed by atoms with van der Waals surface area (Å²) in [7, 11) is 0.442. The molecule has 0 saturated carbocycles. The van der Waals surface area contributed by atoms with Gasteiger partial charge in [-0.3, -0.25) is 9.00 Å². The number of amides is 1. The third-order valence-corrected chi connectivity index (χ3v) is 5.44. The maximum Gasteiger partial charge on any atom is 0.255 e. The van der Waals surface area contributed by atoms with Crippen LogP contribution in [0.2, 0.25) is 0 Å². The van der Waals surface area contributed by atoms with Crippen LogP contribution in [0.3, 0.4) is 0 Å². The lowest BCUT2D eigenvalue weighted by atomic mass is 10.0. The lowest BCUT2D eigenvalue weighted by molar-refractivity contribution is 0.102. The molecule has 0 saturated heterocycles. The first-order valence-corrected chi connectivity index (χ1v) is 10.3. The summed E-state index contributed by atoms with van der Waals surface area (Å²) in [6.07, 6.45) is 0. The van der Waals surface area contributed by atoms with Gasteiger partial charge in [0.25, 0.3) is 5.91 Å². The third-order valence-electron chi connectivity index (χ3n) is 4.12. The Morgan fingerprint density at radius 1 is 0.966 bits per heavy atom.